The minimum atomic E-state index is -3.60. The Balaban J connectivity index is 1.86. The van der Waals surface area contributed by atoms with Gasteiger partial charge in [-0.05, 0) is 43.0 Å². The number of nitrogens with one attached hydrogen (secondary N) is 1. The van der Waals surface area contributed by atoms with Gasteiger partial charge < -0.3 is 10.2 Å². The number of carbonyl (C=O) groups excluding carboxylic acids is 1. The molecule has 1 aromatic rings. The molecule has 1 aromatic carbocycles. The first-order valence-electron chi connectivity index (χ1n) is 8.87. The standard InChI is InChI=1S/C18H26N4O3S/c1-15(2)4-3-9-20-18(23)21-10-12-22(13-11-21)26(24,25)17-7-5-16(14-19)6-8-17/h5-8,15H,3-4,9-13H2,1-2H3,(H,20,23). The highest BCUT2D eigenvalue weighted by Gasteiger charge is 2.29. The Bertz CT molecular complexity index is 746. The molecule has 7 nitrogen and oxygen atoms in total. The van der Waals surface area contributed by atoms with E-state index in [1.165, 1.54) is 28.6 Å². The third-order valence-corrected chi connectivity index (χ3v) is 6.29. The number of piperazine rings is 1. The highest BCUT2D eigenvalue weighted by molar-refractivity contribution is 7.89. The van der Waals surface area contributed by atoms with Crippen LogP contribution in [0.5, 0.6) is 0 Å². The van der Waals surface area contributed by atoms with Gasteiger partial charge in [-0.3, -0.25) is 0 Å². The molecular weight excluding hydrogens is 352 g/mol. The molecule has 1 N–H and O–H groups in total. The van der Waals surface area contributed by atoms with Gasteiger partial charge in [-0.2, -0.15) is 9.57 Å². The Morgan fingerprint density at radius 3 is 2.35 bits per heavy atom. The molecule has 2 amide bonds. The second kappa shape index (κ2) is 9.01. The number of hydrogen-bond donors (Lipinski definition) is 1. The fraction of sp³-hybridized carbons (Fsp3) is 0.556. The molecule has 0 aliphatic carbocycles. The average molecular weight is 378 g/mol. The van der Waals surface area contributed by atoms with Gasteiger partial charge in [-0.1, -0.05) is 13.8 Å². The van der Waals surface area contributed by atoms with E-state index in [0.717, 1.165) is 12.8 Å². The lowest BCUT2D eigenvalue weighted by Crippen LogP contribution is -2.53. The van der Waals surface area contributed by atoms with Crippen molar-refractivity contribution in [1.82, 2.24) is 14.5 Å². The van der Waals surface area contributed by atoms with Crippen LogP contribution in [0.25, 0.3) is 0 Å². The first kappa shape index (κ1) is 20.2. The van der Waals surface area contributed by atoms with Crippen LogP contribution < -0.4 is 5.32 Å². The summed E-state index contributed by atoms with van der Waals surface area (Å²) in [7, 11) is -3.60. The van der Waals surface area contributed by atoms with E-state index in [4.69, 9.17) is 5.26 Å². The molecule has 0 saturated carbocycles. The molecule has 0 atom stereocenters. The van der Waals surface area contributed by atoms with Gasteiger partial charge in [0.2, 0.25) is 10.0 Å². The van der Waals surface area contributed by atoms with Crippen LogP contribution in [0.3, 0.4) is 0 Å². The van der Waals surface area contributed by atoms with E-state index in [1.807, 2.05) is 6.07 Å². The predicted molar refractivity (Wildman–Crippen MR) is 99.0 cm³/mol. The molecule has 2 rings (SSSR count). The fourth-order valence-electron chi connectivity index (χ4n) is 2.80. The second-order valence-electron chi connectivity index (χ2n) is 6.80. The first-order chi connectivity index (χ1) is 12.3. The van der Waals surface area contributed by atoms with Crippen LogP contribution in [-0.2, 0) is 10.0 Å². The van der Waals surface area contributed by atoms with Crippen LogP contribution in [0, 0.1) is 17.2 Å². The van der Waals surface area contributed by atoms with Gasteiger partial charge in [0.05, 0.1) is 16.5 Å². The van der Waals surface area contributed by atoms with Gasteiger partial charge in [0.15, 0.2) is 0 Å². The topological polar surface area (TPSA) is 93.5 Å². The summed E-state index contributed by atoms with van der Waals surface area (Å²) in [5.41, 5.74) is 0.419. The molecule has 0 bridgehead atoms. The average Bonchev–Trinajstić information content (AvgIpc) is 2.65. The van der Waals surface area contributed by atoms with Gasteiger partial charge >= 0.3 is 6.03 Å². The lowest BCUT2D eigenvalue weighted by atomic mass is 10.1. The highest BCUT2D eigenvalue weighted by atomic mass is 32.2. The first-order valence-corrected chi connectivity index (χ1v) is 10.3. The molecule has 142 valence electrons. The van der Waals surface area contributed by atoms with Crippen molar-refractivity contribution in [2.45, 2.75) is 31.6 Å². The van der Waals surface area contributed by atoms with E-state index in [2.05, 4.69) is 19.2 Å². The Morgan fingerprint density at radius 2 is 1.81 bits per heavy atom. The van der Waals surface area contributed by atoms with E-state index in [-0.39, 0.29) is 24.0 Å². The van der Waals surface area contributed by atoms with Crippen molar-refractivity contribution in [3.63, 3.8) is 0 Å². The van der Waals surface area contributed by atoms with E-state index in [0.29, 0.717) is 31.1 Å². The van der Waals surface area contributed by atoms with Crippen LogP contribution in [0.1, 0.15) is 32.3 Å². The number of benzene rings is 1. The van der Waals surface area contributed by atoms with Crippen molar-refractivity contribution in [2.24, 2.45) is 5.92 Å². The molecule has 0 radical (unpaired) electrons. The van der Waals surface area contributed by atoms with Crippen molar-refractivity contribution in [3.05, 3.63) is 29.8 Å². The maximum Gasteiger partial charge on any atom is 0.317 e. The normalized spacial score (nSPS) is 15.7. The third-order valence-electron chi connectivity index (χ3n) is 4.38. The maximum absolute atomic E-state index is 12.7. The van der Waals surface area contributed by atoms with E-state index < -0.39 is 10.0 Å². The van der Waals surface area contributed by atoms with Gasteiger partial charge in [0.25, 0.3) is 0 Å². The summed E-state index contributed by atoms with van der Waals surface area (Å²) in [5, 5.41) is 11.7. The van der Waals surface area contributed by atoms with Gasteiger partial charge in [-0.25, -0.2) is 13.2 Å². The fourth-order valence-corrected chi connectivity index (χ4v) is 4.22. The number of amides is 2. The SMILES string of the molecule is CC(C)CCCNC(=O)N1CCN(S(=O)(=O)c2ccc(C#N)cc2)CC1. The lowest BCUT2D eigenvalue weighted by Gasteiger charge is -2.34. The van der Waals surface area contributed by atoms with E-state index in [9.17, 15) is 13.2 Å². The summed E-state index contributed by atoms with van der Waals surface area (Å²) in [6.45, 7) is 6.20. The molecular formula is C18H26N4O3S. The summed E-state index contributed by atoms with van der Waals surface area (Å²) < 4.78 is 26.7. The lowest BCUT2D eigenvalue weighted by molar-refractivity contribution is 0.172. The summed E-state index contributed by atoms with van der Waals surface area (Å²) in [6.07, 6.45) is 2.01. The summed E-state index contributed by atoms with van der Waals surface area (Å²) in [4.78, 5) is 14.0. The number of sulfonamides is 1. The van der Waals surface area contributed by atoms with Crippen LogP contribution >= 0.6 is 0 Å². The predicted octanol–water partition coefficient (Wildman–Crippen LogP) is 2.01. The molecule has 1 aliphatic heterocycles. The van der Waals surface area contributed by atoms with Gasteiger partial charge in [0.1, 0.15) is 0 Å². The Morgan fingerprint density at radius 1 is 1.19 bits per heavy atom. The second-order valence-corrected chi connectivity index (χ2v) is 8.73. The molecule has 1 aliphatic rings. The molecule has 1 saturated heterocycles. The number of rotatable bonds is 6. The van der Waals surface area contributed by atoms with Crippen molar-refractivity contribution >= 4 is 16.1 Å². The number of nitriles is 1. The van der Waals surface area contributed by atoms with Crippen molar-refractivity contribution in [2.75, 3.05) is 32.7 Å². The van der Waals surface area contributed by atoms with E-state index >= 15 is 0 Å². The highest BCUT2D eigenvalue weighted by Crippen LogP contribution is 2.18. The van der Waals surface area contributed by atoms with Crippen molar-refractivity contribution < 1.29 is 13.2 Å². The number of carbonyl (C=O) groups is 1. The van der Waals surface area contributed by atoms with E-state index in [1.54, 1.807) is 4.90 Å². The Hall–Kier alpha value is -2.11. The molecule has 0 spiro atoms. The van der Waals surface area contributed by atoms with Crippen LogP contribution in [0.2, 0.25) is 0 Å². The minimum absolute atomic E-state index is 0.135. The number of hydrogen-bond acceptors (Lipinski definition) is 4. The van der Waals surface area contributed by atoms with Crippen LogP contribution in [0.15, 0.2) is 29.2 Å². The Labute approximate surface area is 155 Å². The molecule has 26 heavy (non-hydrogen) atoms. The zero-order valence-corrected chi connectivity index (χ0v) is 16.1. The minimum Gasteiger partial charge on any atom is -0.338 e. The monoisotopic (exact) mass is 378 g/mol. The summed E-state index contributed by atoms with van der Waals surface area (Å²) in [6, 6.07) is 7.72. The quantitative estimate of drug-likeness (QED) is 0.766. The molecule has 1 fully saturated rings. The zero-order valence-electron chi connectivity index (χ0n) is 15.3. The third kappa shape index (κ3) is 5.19. The summed E-state index contributed by atoms with van der Waals surface area (Å²) >= 11 is 0. The van der Waals surface area contributed by atoms with Gasteiger partial charge in [0, 0.05) is 32.7 Å². The van der Waals surface area contributed by atoms with Gasteiger partial charge in [-0.15, -0.1) is 0 Å². The number of nitrogens with zero attached hydrogens (tertiary/aromatic N) is 3. The smallest absolute Gasteiger partial charge is 0.317 e. The molecule has 8 heteroatoms. The number of urea groups is 1. The zero-order chi connectivity index (χ0) is 19.2. The van der Waals surface area contributed by atoms with Crippen molar-refractivity contribution in [3.8, 4) is 6.07 Å². The van der Waals surface area contributed by atoms with Crippen molar-refractivity contribution in [1.29, 1.82) is 5.26 Å². The van der Waals surface area contributed by atoms with Crippen LogP contribution in [0.4, 0.5) is 4.79 Å². The Kier molecular flexibility index (Phi) is 7.00. The van der Waals surface area contributed by atoms with Crippen LogP contribution in [-0.4, -0.2) is 56.4 Å². The maximum atomic E-state index is 12.7. The molecule has 1 heterocycles. The molecule has 0 aromatic heterocycles. The largest absolute Gasteiger partial charge is 0.338 e. The molecule has 0 unspecified atom stereocenters. The summed E-state index contributed by atoms with van der Waals surface area (Å²) in [5.74, 6) is 0.614.